The summed E-state index contributed by atoms with van der Waals surface area (Å²) in [6, 6.07) is 9.04. The predicted octanol–water partition coefficient (Wildman–Crippen LogP) is 2.44. The highest BCUT2D eigenvalue weighted by Gasteiger charge is 2.12. The predicted molar refractivity (Wildman–Crippen MR) is 66.9 cm³/mol. The average Bonchev–Trinajstić information content (AvgIpc) is 2.67. The zero-order valence-corrected chi connectivity index (χ0v) is 9.38. The van der Waals surface area contributed by atoms with E-state index in [0.29, 0.717) is 10.1 Å². The molecule has 0 aliphatic heterocycles. The maximum atomic E-state index is 11.9. The summed E-state index contributed by atoms with van der Waals surface area (Å²) in [5.74, 6) is -1.12. The van der Waals surface area contributed by atoms with Gasteiger partial charge in [0.1, 0.15) is 5.69 Å². The Bertz CT molecular complexity index is 800. The Kier molecular flexibility index (Phi) is 2.02. The molecule has 0 aliphatic carbocycles. The first kappa shape index (κ1) is 10.0. The van der Waals surface area contributed by atoms with Gasteiger partial charge in [-0.25, -0.2) is 4.79 Å². The molecule has 0 aliphatic rings. The van der Waals surface area contributed by atoms with E-state index in [2.05, 4.69) is 4.98 Å². The van der Waals surface area contributed by atoms with Crippen molar-refractivity contribution in [2.75, 3.05) is 0 Å². The van der Waals surface area contributed by atoms with E-state index in [1.807, 2.05) is 24.3 Å². The number of carboxylic acids is 1. The van der Waals surface area contributed by atoms with Crippen molar-refractivity contribution < 1.29 is 9.90 Å². The zero-order valence-electron chi connectivity index (χ0n) is 8.56. The summed E-state index contributed by atoms with van der Waals surface area (Å²) in [4.78, 5) is 25.1. The van der Waals surface area contributed by atoms with Crippen LogP contribution in [0.15, 0.2) is 35.1 Å². The van der Waals surface area contributed by atoms with Gasteiger partial charge in [0.2, 0.25) is 0 Å². The van der Waals surface area contributed by atoms with Crippen molar-refractivity contribution in [3.8, 4) is 0 Å². The Labute approximate surface area is 99.1 Å². The fraction of sp³-hybridized carbons (Fsp3) is 0. The molecule has 2 heterocycles. The number of fused-ring (bicyclic) bond motifs is 3. The number of carboxylic acid groups (broad SMARTS) is 1. The minimum absolute atomic E-state index is 0.0749. The largest absolute Gasteiger partial charge is 0.477 e. The number of rotatable bonds is 1. The molecule has 1 aromatic carbocycles. The SMILES string of the molecule is O=C(O)c1cc2sc3ccccc3c2c(=O)[nH]1. The van der Waals surface area contributed by atoms with Gasteiger partial charge in [-0.2, -0.15) is 0 Å². The summed E-state index contributed by atoms with van der Waals surface area (Å²) in [5.41, 5.74) is -0.425. The minimum atomic E-state index is -1.12. The lowest BCUT2D eigenvalue weighted by Crippen LogP contribution is -2.11. The lowest BCUT2D eigenvalue weighted by atomic mass is 10.2. The normalized spacial score (nSPS) is 11.1. The van der Waals surface area contributed by atoms with E-state index < -0.39 is 5.97 Å². The number of aromatic nitrogens is 1. The van der Waals surface area contributed by atoms with Crippen LogP contribution < -0.4 is 5.56 Å². The van der Waals surface area contributed by atoms with Gasteiger partial charge in [-0.05, 0) is 12.1 Å². The fourth-order valence-corrected chi connectivity index (χ4v) is 3.01. The van der Waals surface area contributed by atoms with E-state index in [9.17, 15) is 9.59 Å². The van der Waals surface area contributed by atoms with E-state index in [-0.39, 0.29) is 11.3 Å². The molecular formula is C12H7NO3S. The molecule has 0 saturated heterocycles. The molecule has 0 bridgehead atoms. The van der Waals surface area contributed by atoms with E-state index in [1.54, 1.807) is 0 Å². The highest BCUT2D eigenvalue weighted by Crippen LogP contribution is 2.31. The van der Waals surface area contributed by atoms with Crippen molar-refractivity contribution >= 4 is 37.5 Å². The van der Waals surface area contributed by atoms with Crippen LogP contribution in [-0.4, -0.2) is 16.1 Å². The van der Waals surface area contributed by atoms with Crippen LogP contribution >= 0.6 is 11.3 Å². The van der Waals surface area contributed by atoms with Crippen molar-refractivity contribution in [1.29, 1.82) is 0 Å². The molecule has 3 aromatic rings. The highest BCUT2D eigenvalue weighted by molar-refractivity contribution is 7.25. The number of H-pyrrole nitrogens is 1. The third kappa shape index (κ3) is 1.43. The monoisotopic (exact) mass is 245 g/mol. The van der Waals surface area contributed by atoms with Gasteiger partial charge < -0.3 is 10.1 Å². The molecule has 0 saturated carbocycles. The molecule has 5 heteroatoms. The topological polar surface area (TPSA) is 70.2 Å². The third-order valence-electron chi connectivity index (χ3n) is 2.60. The van der Waals surface area contributed by atoms with E-state index >= 15 is 0 Å². The van der Waals surface area contributed by atoms with Gasteiger partial charge in [-0.1, -0.05) is 18.2 Å². The Balaban J connectivity index is 2.53. The molecule has 0 unspecified atom stereocenters. The molecule has 3 rings (SSSR count). The number of aromatic carboxylic acids is 1. The second kappa shape index (κ2) is 3.43. The van der Waals surface area contributed by atoms with Crippen LogP contribution in [0.5, 0.6) is 0 Å². The molecule has 0 fully saturated rings. The Morgan fingerprint density at radius 1 is 1.24 bits per heavy atom. The van der Waals surface area contributed by atoms with Crippen molar-refractivity contribution in [2.24, 2.45) is 0 Å². The molecular weight excluding hydrogens is 238 g/mol. The van der Waals surface area contributed by atoms with Crippen LogP contribution in [0.25, 0.3) is 20.2 Å². The number of thiophene rings is 1. The molecule has 0 amide bonds. The average molecular weight is 245 g/mol. The molecule has 4 nitrogen and oxygen atoms in total. The first-order valence-electron chi connectivity index (χ1n) is 4.94. The number of hydrogen-bond donors (Lipinski definition) is 2. The standard InChI is InChI=1S/C12H7NO3S/c14-11-10-6-3-1-2-4-8(6)17-9(10)5-7(13-11)12(15)16/h1-5H,(H,13,14)(H,15,16). The molecule has 84 valence electrons. The van der Waals surface area contributed by atoms with Gasteiger partial charge in [0, 0.05) is 14.8 Å². The summed E-state index contributed by atoms with van der Waals surface area (Å²) in [5, 5.41) is 10.3. The zero-order chi connectivity index (χ0) is 12.0. The van der Waals surface area contributed by atoms with E-state index in [1.165, 1.54) is 17.4 Å². The Morgan fingerprint density at radius 3 is 2.76 bits per heavy atom. The lowest BCUT2D eigenvalue weighted by Gasteiger charge is -1.94. The molecule has 0 radical (unpaired) electrons. The molecule has 17 heavy (non-hydrogen) atoms. The third-order valence-corrected chi connectivity index (χ3v) is 3.72. The number of benzene rings is 1. The molecule has 2 aromatic heterocycles. The second-order valence-electron chi connectivity index (χ2n) is 3.65. The second-order valence-corrected chi connectivity index (χ2v) is 4.74. The number of aromatic amines is 1. The first-order chi connectivity index (χ1) is 8.16. The molecule has 2 N–H and O–H groups in total. The van der Waals surface area contributed by atoms with Gasteiger partial charge >= 0.3 is 5.97 Å². The van der Waals surface area contributed by atoms with Crippen LogP contribution in [-0.2, 0) is 0 Å². The van der Waals surface area contributed by atoms with Crippen molar-refractivity contribution in [3.05, 3.63) is 46.4 Å². The summed E-state index contributed by atoms with van der Waals surface area (Å²) in [6.45, 7) is 0. The van der Waals surface area contributed by atoms with Gasteiger partial charge in [0.25, 0.3) is 5.56 Å². The van der Waals surface area contributed by atoms with Gasteiger partial charge in [0.15, 0.2) is 0 Å². The van der Waals surface area contributed by atoms with Gasteiger partial charge in [-0.3, -0.25) is 4.79 Å². The van der Waals surface area contributed by atoms with Gasteiger partial charge in [-0.15, -0.1) is 11.3 Å². The maximum absolute atomic E-state index is 11.9. The number of carbonyl (C=O) groups is 1. The van der Waals surface area contributed by atoms with Crippen LogP contribution in [0.2, 0.25) is 0 Å². The van der Waals surface area contributed by atoms with Crippen LogP contribution in [0, 0.1) is 0 Å². The fourth-order valence-electron chi connectivity index (χ4n) is 1.87. The quantitative estimate of drug-likeness (QED) is 0.691. The number of nitrogens with one attached hydrogen (secondary N) is 1. The maximum Gasteiger partial charge on any atom is 0.352 e. The molecule has 0 spiro atoms. The number of pyridine rings is 1. The lowest BCUT2D eigenvalue weighted by molar-refractivity contribution is 0.0690. The van der Waals surface area contributed by atoms with Crippen molar-refractivity contribution in [3.63, 3.8) is 0 Å². The van der Waals surface area contributed by atoms with Crippen LogP contribution in [0.1, 0.15) is 10.5 Å². The van der Waals surface area contributed by atoms with E-state index in [4.69, 9.17) is 5.11 Å². The van der Waals surface area contributed by atoms with Crippen LogP contribution in [0.4, 0.5) is 0 Å². The minimum Gasteiger partial charge on any atom is -0.477 e. The highest BCUT2D eigenvalue weighted by atomic mass is 32.1. The summed E-state index contributed by atoms with van der Waals surface area (Å²) in [6.07, 6.45) is 0. The van der Waals surface area contributed by atoms with Crippen molar-refractivity contribution in [1.82, 2.24) is 4.98 Å². The van der Waals surface area contributed by atoms with Crippen molar-refractivity contribution in [2.45, 2.75) is 0 Å². The van der Waals surface area contributed by atoms with E-state index in [0.717, 1.165) is 10.1 Å². The smallest absolute Gasteiger partial charge is 0.352 e. The first-order valence-corrected chi connectivity index (χ1v) is 5.76. The van der Waals surface area contributed by atoms with Crippen LogP contribution in [0.3, 0.4) is 0 Å². The Hall–Kier alpha value is -2.14. The van der Waals surface area contributed by atoms with Gasteiger partial charge in [0.05, 0.1) is 5.39 Å². The molecule has 0 atom stereocenters. The number of hydrogen-bond acceptors (Lipinski definition) is 3. The Morgan fingerprint density at radius 2 is 2.00 bits per heavy atom. The summed E-state index contributed by atoms with van der Waals surface area (Å²) < 4.78 is 1.68. The summed E-state index contributed by atoms with van der Waals surface area (Å²) >= 11 is 1.42. The summed E-state index contributed by atoms with van der Waals surface area (Å²) in [7, 11) is 0.